The Kier molecular flexibility index (Phi) is 2.09. The molecule has 0 N–H and O–H groups in total. The Balaban J connectivity index is 2.32. The summed E-state index contributed by atoms with van der Waals surface area (Å²) in [5.74, 6) is -2.01. The quantitative estimate of drug-likeness (QED) is 0.354. The first-order valence-corrected chi connectivity index (χ1v) is 3.19. The maximum absolute atomic E-state index is 10.7. The second kappa shape index (κ2) is 2.87. The molecule has 0 radical (unpaired) electrons. The lowest BCUT2D eigenvalue weighted by atomic mass is 10.3. The van der Waals surface area contributed by atoms with Crippen LogP contribution in [0.25, 0.3) is 0 Å². The van der Waals surface area contributed by atoms with Crippen molar-refractivity contribution >= 4 is 11.9 Å². The lowest BCUT2D eigenvalue weighted by Gasteiger charge is -1.96. The second-order valence-corrected chi connectivity index (χ2v) is 2.05. The molecule has 0 aromatic rings. The van der Waals surface area contributed by atoms with Gasteiger partial charge < -0.3 is 19.4 Å². The molecule has 1 fully saturated rings. The van der Waals surface area contributed by atoms with Gasteiger partial charge in [-0.25, -0.2) is 4.79 Å². The van der Waals surface area contributed by atoms with Gasteiger partial charge in [0.15, 0.2) is 6.10 Å². The molecular formula is C6H7O5-. The highest BCUT2D eigenvalue weighted by molar-refractivity contribution is 5.88. The Labute approximate surface area is 62.9 Å². The molecule has 0 aromatic carbocycles. The number of carbonyl (C=O) groups is 2. The zero-order valence-electron chi connectivity index (χ0n) is 5.90. The van der Waals surface area contributed by atoms with Crippen molar-refractivity contribution in [3.63, 3.8) is 0 Å². The fourth-order valence-corrected chi connectivity index (χ4v) is 0.695. The molecule has 1 aliphatic rings. The van der Waals surface area contributed by atoms with E-state index in [2.05, 4.69) is 9.47 Å². The summed E-state index contributed by atoms with van der Waals surface area (Å²) in [5.41, 5.74) is 0. The normalized spacial score (nSPS) is 27.7. The highest BCUT2D eigenvalue weighted by Crippen LogP contribution is 2.22. The van der Waals surface area contributed by atoms with Gasteiger partial charge in [0.1, 0.15) is 6.10 Å². The Hall–Kier alpha value is -1.10. The number of hydrogen-bond donors (Lipinski definition) is 0. The molecule has 1 heterocycles. The molecule has 1 aliphatic heterocycles. The molecule has 0 spiro atoms. The number of epoxide rings is 1. The van der Waals surface area contributed by atoms with E-state index >= 15 is 0 Å². The van der Waals surface area contributed by atoms with Crippen LogP contribution in [0.15, 0.2) is 0 Å². The Morgan fingerprint density at radius 2 is 2.18 bits per heavy atom. The average molecular weight is 159 g/mol. The molecule has 62 valence electrons. The van der Waals surface area contributed by atoms with E-state index in [1.165, 1.54) is 0 Å². The van der Waals surface area contributed by atoms with Gasteiger partial charge in [-0.3, -0.25) is 0 Å². The van der Waals surface area contributed by atoms with E-state index in [0.29, 0.717) is 0 Å². The van der Waals surface area contributed by atoms with Crippen LogP contribution in [0.3, 0.4) is 0 Å². The predicted octanol–water partition coefficient (Wildman–Crippen LogP) is -1.93. The van der Waals surface area contributed by atoms with Gasteiger partial charge in [0.05, 0.1) is 12.6 Å². The van der Waals surface area contributed by atoms with Crippen LogP contribution in [0.4, 0.5) is 0 Å². The predicted molar refractivity (Wildman–Crippen MR) is 30.3 cm³/mol. The van der Waals surface area contributed by atoms with Crippen molar-refractivity contribution < 1.29 is 24.2 Å². The average Bonchev–Trinajstić information content (AvgIpc) is 2.65. The standard InChI is InChI=1S/C6H8O5/c1-2-10-6(9)4-3(11-4)5(7)8/h3-4H,2H2,1H3,(H,7,8)/p-1. The summed E-state index contributed by atoms with van der Waals surface area (Å²) in [6, 6.07) is 0. The first-order chi connectivity index (χ1) is 5.16. The summed E-state index contributed by atoms with van der Waals surface area (Å²) in [6.45, 7) is 1.85. The van der Waals surface area contributed by atoms with E-state index < -0.39 is 24.1 Å². The van der Waals surface area contributed by atoms with Gasteiger partial charge in [0.25, 0.3) is 0 Å². The van der Waals surface area contributed by atoms with Crippen LogP contribution in [-0.2, 0) is 19.1 Å². The molecule has 5 nitrogen and oxygen atoms in total. The van der Waals surface area contributed by atoms with E-state index in [4.69, 9.17) is 0 Å². The summed E-state index contributed by atoms with van der Waals surface area (Å²) in [7, 11) is 0. The zero-order chi connectivity index (χ0) is 8.43. The van der Waals surface area contributed by atoms with Crippen molar-refractivity contribution in [2.75, 3.05) is 6.61 Å². The van der Waals surface area contributed by atoms with Gasteiger partial charge >= 0.3 is 5.97 Å². The van der Waals surface area contributed by atoms with E-state index in [9.17, 15) is 14.7 Å². The fraction of sp³-hybridized carbons (Fsp3) is 0.667. The minimum atomic E-state index is -1.37. The third-order valence-electron chi connectivity index (χ3n) is 1.24. The summed E-state index contributed by atoms with van der Waals surface area (Å²) in [5, 5.41) is 10.0. The van der Waals surface area contributed by atoms with Crippen molar-refractivity contribution in [2.24, 2.45) is 0 Å². The summed E-state index contributed by atoms with van der Waals surface area (Å²) in [6.07, 6.45) is -2.05. The summed E-state index contributed by atoms with van der Waals surface area (Å²) < 4.78 is 8.95. The van der Waals surface area contributed by atoms with Crippen LogP contribution in [0, 0.1) is 0 Å². The van der Waals surface area contributed by atoms with Crippen LogP contribution in [-0.4, -0.2) is 30.8 Å². The van der Waals surface area contributed by atoms with E-state index in [1.54, 1.807) is 6.92 Å². The molecular weight excluding hydrogens is 152 g/mol. The van der Waals surface area contributed by atoms with E-state index in [0.717, 1.165) is 0 Å². The van der Waals surface area contributed by atoms with Gasteiger partial charge in [-0.1, -0.05) is 0 Å². The van der Waals surface area contributed by atoms with Crippen molar-refractivity contribution in [3.05, 3.63) is 0 Å². The second-order valence-electron chi connectivity index (χ2n) is 2.05. The first kappa shape index (κ1) is 8.00. The minimum Gasteiger partial charge on any atom is -0.547 e. The highest BCUT2D eigenvalue weighted by atomic mass is 16.7. The van der Waals surface area contributed by atoms with E-state index in [1.807, 2.05) is 0 Å². The van der Waals surface area contributed by atoms with Crippen LogP contribution in [0.1, 0.15) is 6.92 Å². The van der Waals surface area contributed by atoms with Crippen molar-refractivity contribution in [3.8, 4) is 0 Å². The first-order valence-electron chi connectivity index (χ1n) is 3.19. The molecule has 11 heavy (non-hydrogen) atoms. The van der Waals surface area contributed by atoms with Gasteiger partial charge in [-0.2, -0.15) is 0 Å². The van der Waals surface area contributed by atoms with E-state index in [-0.39, 0.29) is 6.61 Å². The Bertz CT molecular complexity index is 187. The summed E-state index contributed by atoms with van der Waals surface area (Å²) in [4.78, 5) is 20.7. The van der Waals surface area contributed by atoms with Crippen LogP contribution < -0.4 is 5.11 Å². The molecule has 0 saturated carbocycles. The molecule has 1 saturated heterocycles. The number of esters is 1. The maximum atomic E-state index is 10.7. The lowest BCUT2D eigenvalue weighted by Crippen LogP contribution is -2.31. The molecule has 2 atom stereocenters. The molecule has 0 aromatic heterocycles. The number of ether oxygens (including phenoxy) is 2. The zero-order valence-corrected chi connectivity index (χ0v) is 5.90. The number of carbonyl (C=O) groups excluding carboxylic acids is 2. The van der Waals surface area contributed by atoms with Crippen molar-refractivity contribution in [1.29, 1.82) is 0 Å². The van der Waals surface area contributed by atoms with Crippen LogP contribution >= 0.6 is 0 Å². The Morgan fingerprint density at radius 1 is 1.55 bits per heavy atom. The number of hydrogen-bond acceptors (Lipinski definition) is 5. The smallest absolute Gasteiger partial charge is 0.338 e. The molecule has 0 bridgehead atoms. The SMILES string of the molecule is CCOC(=O)C1OC1C(=O)[O-]. The van der Waals surface area contributed by atoms with Crippen LogP contribution in [0.5, 0.6) is 0 Å². The van der Waals surface area contributed by atoms with Crippen molar-refractivity contribution in [1.82, 2.24) is 0 Å². The van der Waals surface area contributed by atoms with Gasteiger partial charge in [-0.05, 0) is 6.92 Å². The van der Waals surface area contributed by atoms with Crippen LogP contribution in [0.2, 0.25) is 0 Å². The molecule has 5 heteroatoms. The minimum absolute atomic E-state index is 0.221. The molecule has 1 rings (SSSR count). The van der Waals surface area contributed by atoms with Gasteiger partial charge in [0.2, 0.25) is 0 Å². The third-order valence-corrected chi connectivity index (χ3v) is 1.24. The fourth-order valence-electron chi connectivity index (χ4n) is 0.695. The number of carboxylic acid groups (broad SMARTS) is 1. The number of carboxylic acids is 1. The third kappa shape index (κ3) is 1.68. The molecule has 2 unspecified atom stereocenters. The molecule has 0 amide bonds. The topological polar surface area (TPSA) is 79.0 Å². The number of aliphatic carboxylic acids is 1. The number of rotatable bonds is 3. The summed E-state index contributed by atoms with van der Waals surface area (Å²) >= 11 is 0. The molecule has 0 aliphatic carbocycles. The monoisotopic (exact) mass is 159 g/mol. The highest BCUT2D eigenvalue weighted by Gasteiger charge is 2.47. The van der Waals surface area contributed by atoms with Crippen molar-refractivity contribution in [2.45, 2.75) is 19.1 Å². The Morgan fingerprint density at radius 3 is 2.55 bits per heavy atom. The lowest BCUT2D eigenvalue weighted by molar-refractivity contribution is -0.307. The van der Waals surface area contributed by atoms with Gasteiger partial charge in [0, 0.05) is 0 Å². The largest absolute Gasteiger partial charge is 0.547 e. The van der Waals surface area contributed by atoms with Gasteiger partial charge in [-0.15, -0.1) is 0 Å². The maximum Gasteiger partial charge on any atom is 0.338 e.